The molecule has 2 N–H and O–H groups in total. The van der Waals surface area contributed by atoms with E-state index in [4.69, 9.17) is 9.47 Å². The van der Waals surface area contributed by atoms with Crippen molar-refractivity contribution in [3.63, 3.8) is 0 Å². The van der Waals surface area contributed by atoms with Gasteiger partial charge in [0.05, 0.1) is 6.54 Å². The first-order chi connectivity index (χ1) is 13.2. The number of piperazine rings is 1. The highest BCUT2D eigenvalue weighted by molar-refractivity contribution is 5.83. The Balaban J connectivity index is 1.31. The molecule has 1 fully saturated rings. The van der Waals surface area contributed by atoms with E-state index in [-0.39, 0.29) is 18.4 Å². The highest BCUT2D eigenvalue weighted by Crippen LogP contribution is 2.30. The van der Waals surface area contributed by atoms with E-state index in [9.17, 15) is 9.59 Å². The number of anilines is 1. The number of para-hydroxylation sites is 2. The second-order valence-corrected chi connectivity index (χ2v) is 6.52. The van der Waals surface area contributed by atoms with Crippen LogP contribution in [-0.4, -0.2) is 44.2 Å². The average Bonchev–Trinajstić information content (AvgIpc) is 2.72. The van der Waals surface area contributed by atoms with Crippen molar-refractivity contribution in [1.29, 1.82) is 0 Å². The zero-order valence-corrected chi connectivity index (χ0v) is 14.8. The van der Waals surface area contributed by atoms with Crippen LogP contribution in [0, 0.1) is 0 Å². The Labute approximate surface area is 157 Å². The minimum absolute atomic E-state index is 0.0360. The standard InChI is InChI=1S/C20H21N3O4/c24-19-12-23(10-9-21-19)15-7-5-14(6-8-15)11-22-20(25)18-13-26-16-3-1-2-4-17(16)27-18/h1-8,18H,9-13H2,(H,21,24)(H,22,25)/t18-/m0/s1. The first kappa shape index (κ1) is 17.2. The van der Waals surface area contributed by atoms with Crippen LogP contribution in [0.1, 0.15) is 5.56 Å². The second-order valence-electron chi connectivity index (χ2n) is 6.52. The summed E-state index contributed by atoms with van der Waals surface area (Å²) in [6, 6.07) is 15.2. The molecule has 2 amide bonds. The monoisotopic (exact) mass is 367 g/mol. The highest BCUT2D eigenvalue weighted by Gasteiger charge is 2.27. The third-order valence-corrected chi connectivity index (χ3v) is 4.61. The number of rotatable bonds is 4. The molecule has 0 aliphatic carbocycles. The van der Waals surface area contributed by atoms with E-state index in [1.807, 2.05) is 47.4 Å². The molecule has 0 bridgehead atoms. The Bertz CT molecular complexity index is 837. The predicted octanol–water partition coefficient (Wildman–Crippen LogP) is 1.08. The van der Waals surface area contributed by atoms with E-state index in [1.54, 1.807) is 6.07 Å². The number of hydrogen-bond acceptors (Lipinski definition) is 5. The number of amides is 2. The van der Waals surface area contributed by atoms with Gasteiger partial charge in [0.25, 0.3) is 5.91 Å². The van der Waals surface area contributed by atoms with Gasteiger partial charge in [-0.1, -0.05) is 24.3 Å². The molecular weight excluding hydrogens is 346 g/mol. The molecule has 1 atom stereocenters. The van der Waals surface area contributed by atoms with Gasteiger partial charge in [0.2, 0.25) is 12.0 Å². The summed E-state index contributed by atoms with van der Waals surface area (Å²) < 4.78 is 11.3. The van der Waals surface area contributed by atoms with Crippen molar-refractivity contribution >= 4 is 17.5 Å². The largest absolute Gasteiger partial charge is 0.485 e. The third kappa shape index (κ3) is 3.97. The van der Waals surface area contributed by atoms with Crippen molar-refractivity contribution in [2.24, 2.45) is 0 Å². The summed E-state index contributed by atoms with van der Waals surface area (Å²) in [6.45, 7) is 2.42. The van der Waals surface area contributed by atoms with Gasteiger partial charge in [-0.3, -0.25) is 9.59 Å². The molecule has 0 radical (unpaired) electrons. The molecule has 2 aromatic rings. The SMILES string of the molecule is O=C1CN(c2ccc(CNC(=O)[C@@H]3COc4ccccc4O3)cc2)CCN1. The van der Waals surface area contributed by atoms with Crippen LogP contribution >= 0.6 is 0 Å². The van der Waals surface area contributed by atoms with Gasteiger partial charge in [0.1, 0.15) is 6.61 Å². The topological polar surface area (TPSA) is 79.9 Å². The summed E-state index contributed by atoms with van der Waals surface area (Å²) in [6.07, 6.45) is -0.661. The number of nitrogens with one attached hydrogen (secondary N) is 2. The van der Waals surface area contributed by atoms with E-state index < -0.39 is 6.10 Å². The van der Waals surface area contributed by atoms with Gasteiger partial charge in [-0.05, 0) is 29.8 Å². The number of carbonyl (C=O) groups excluding carboxylic acids is 2. The number of carbonyl (C=O) groups is 2. The van der Waals surface area contributed by atoms with Gasteiger partial charge in [-0.15, -0.1) is 0 Å². The lowest BCUT2D eigenvalue weighted by atomic mass is 10.1. The molecule has 1 saturated heterocycles. The van der Waals surface area contributed by atoms with E-state index in [0.717, 1.165) is 17.8 Å². The maximum atomic E-state index is 12.4. The van der Waals surface area contributed by atoms with Crippen molar-refractivity contribution in [1.82, 2.24) is 10.6 Å². The highest BCUT2D eigenvalue weighted by atomic mass is 16.6. The smallest absolute Gasteiger partial charge is 0.264 e. The van der Waals surface area contributed by atoms with Gasteiger partial charge in [0, 0.05) is 25.3 Å². The molecule has 0 unspecified atom stereocenters. The van der Waals surface area contributed by atoms with E-state index in [0.29, 0.717) is 31.1 Å². The molecule has 140 valence electrons. The summed E-state index contributed by atoms with van der Waals surface area (Å²) in [7, 11) is 0. The number of nitrogens with zero attached hydrogens (tertiary/aromatic N) is 1. The third-order valence-electron chi connectivity index (χ3n) is 4.61. The van der Waals surface area contributed by atoms with Crippen molar-refractivity contribution in [2.45, 2.75) is 12.6 Å². The predicted molar refractivity (Wildman–Crippen MR) is 99.9 cm³/mol. The molecule has 27 heavy (non-hydrogen) atoms. The fourth-order valence-electron chi connectivity index (χ4n) is 3.14. The Kier molecular flexibility index (Phi) is 4.82. The lowest BCUT2D eigenvalue weighted by molar-refractivity contribution is -0.130. The average molecular weight is 367 g/mol. The Morgan fingerprint density at radius 2 is 1.93 bits per heavy atom. The van der Waals surface area contributed by atoms with Crippen LogP contribution in [0.15, 0.2) is 48.5 Å². The molecule has 0 aromatic heterocycles. The molecular formula is C20H21N3O4. The van der Waals surface area contributed by atoms with Crippen molar-refractivity contribution in [2.75, 3.05) is 31.1 Å². The lowest BCUT2D eigenvalue weighted by Crippen LogP contribution is -2.47. The molecule has 2 aromatic carbocycles. The van der Waals surface area contributed by atoms with Crippen LogP contribution in [0.25, 0.3) is 0 Å². The lowest BCUT2D eigenvalue weighted by Gasteiger charge is -2.28. The van der Waals surface area contributed by atoms with Gasteiger partial charge >= 0.3 is 0 Å². The number of ether oxygens (including phenoxy) is 2. The quantitative estimate of drug-likeness (QED) is 0.845. The van der Waals surface area contributed by atoms with Gasteiger partial charge < -0.3 is 25.0 Å². The van der Waals surface area contributed by atoms with Crippen molar-refractivity contribution < 1.29 is 19.1 Å². The molecule has 7 nitrogen and oxygen atoms in total. The van der Waals surface area contributed by atoms with Crippen molar-refractivity contribution in [3.05, 3.63) is 54.1 Å². The van der Waals surface area contributed by atoms with E-state index in [1.165, 1.54) is 0 Å². The van der Waals surface area contributed by atoms with Crippen molar-refractivity contribution in [3.8, 4) is 11.5 Å². The Hall–Kier alpha value is -3.22. The van der Waals surface area contributed by atoms with Crippen LogP contribution in [0.4, 0.5) is 5.69 Å². The summed E-state index contributed by atoms with van der Waals surface area (Å²) in [4.78, 5) is 25.9. The van der Waals surface area contributed by atoms with Crippen LogP contribution < -0.4 is 25.0 Å². The maximum Gasteiger partial charge on any atom is 0.264 e. The van der Waals surface area contributed by atoms with Gasteiger partial charge in [-0.25, -0.2) is 0 Å². The zero-order chi connectivity index (χ0) is 18.6. The summed E-state index contributed by atoms with van der Waals surface area (Å²) in [5, 5.41) is 5.70. The molecule has 0 saturated carbocycles. The molecule has 2 heterocycles. The zero-order valence-electron chi connectivity index (χ0n) is 14.8. The van der Waals surface area contributed by atoms with Crippen LogP contribution in [-0.2, 0) is 16.1 Å². The van der Waals surface area contributed by atoms with Crippen LogP contribution in [0.2, 0.25) is 0 Å². The fourth-order valence-corrected chi connectivity index (χ4v) is 3.14. The molecule has 2 aliphatic heterocycles. The summed E-state index contributed by atoms with van der Waals surface area (Å²) >= 11 is 0. The first-order valence-corrected chi connectivity index (χ1v) is 8.96. The maximum absolute atomic E-state index is 12.4. The summed E-state index contributed by atoms with van der Waals surface area (Å²) in [5.74, 6) is 1.07. The minimum atomic E-state index is -0.661. The molecule has 7 heteroatoms. The van der Waals surface area contributed by atoms with Gasteiger partial charge in [0.15, 0.2) is 11.5 Å². The normalized spacial score (nSPS) is 18.6. The van der Waals surface area contributed by atoms with Crippen LogP contribution in [0.5, 0.6) is 11.5 Å². The molecule has 0 spiro atoms. The Morgan fingerprint density at radius 1 is 1.15 bits per heavy atom. The van der Waals surface area contributed by atoms with E-state index in [2.05, 4.69) is 10.6 Å². The summed E-state index contributed by atoms with van der Waals surface area (Å²) in [5.41, 5.74) is 1.98. The number of hydrogen-bond donors (Lipinski definition) is 2. The number of benzene rings is 2. The number of fused-ring (bicyclic) bond motifs is 1. The Morgan fingerprint density at radius 3 is 2.70 bits per heavy atom. The van der Waals surface area contributed by atoms with Gasteiger partial charge in [-0.2, -0.15) is 0 Å². The molecule has 4 rings (SSSR count). The van der Waals surface area contributed by atoms with E-state index >= 15 is 0 Å². The van der Waals surface area contributed by atoms with Crippen LogP contribution in [0.3, 0.4) is 0 Å². The second kappa shape index (κ2) is 7.57. The minimum Gasteiger partial charge on any atom is -0.485 e. The fraction of sp³-hybridized carbons (Fsp3) is 0.300. The molecule has 2 aliphatic rings. The first-order valence-electron chi connectivity index (χ1n) is 8.96.